The number of amides is 2. The zero-order chi connectivity index (χ0) is 17.8. The van der Waals surface area contributed by atoms with E-state index in [9.17, 15) is 14.4 Å². The van der Waals surface area contributed by atoms with Crippen molar-refractivity contribution in [2.45, 2.75) is 6.42 Å². The van der Waals surface area contributed by atoms with E-state index in [-0.39, 0.29) is 13.0 Å². The molecular weight excluding hydrogens is 322 g/mol. The lowest BCUT2D eigenvalue weighted by molar-refractivity contribution is -0.137. The van der Waals surface area contributed by atoms with E-state index in [4.69, 9.17) is 9.84 Å². The topological polar surface area (TPSA) is 92.7 Å². The third-order valence-electron chi connectivity index (χ3n) is 3.71. The highest BCUT2D eigenvalue weighted by Gasteiger charge is 2.26. The number of hydrogen-bond donors (Lipinski definition) is 2. The maximum Gasteiger partial charge on any atom is 0.306 e. The van der Waals surface area contributed by atoms with Crippen LogP contribution in [0, 0.1) is 0 Å². The summed E-state index contributed by atoms with van der Waals surface area (Å²) in [5.74, 6) is -1.21. The molecule has 0 aromatic heterocycles. The number of carbonyl (C=O) groups is 3. The summed E-state index contributed by atoms with van der Waals surface area (Å²) in [6, 6.07) is 13.8. The zero-order valence-electron chi connectivity index (χ0n) is 13.2. The Hall–Kier alpha value is -3.41. The van der Waals surface area contributed by atoms with Gasteiger partial charge in [0.2, 0.25) is 0 Å². The van der Waals surface area contributed by atoms with Crippen LogP contribution in [0.2, 0.25) is 0 Å². The fourth-order valence-corrected chi connectivity index (χ4v) is 2.50. The number of carboxylic acids is 1. The van der Waals surface area contributed by atoms with Crippen molar-refractivity contribution in [2.75, 3.05) is 6.61 Å². The van der Waals surface area contributed by atoms with Crippen LogP contribution >= 0.6 is 0 Å². The monoisotopic (exact) mass is 337 g/mol. The first-order chi connectivity index (χ1) is 12.0. The molecule has 2 aromatic rings. The van der Waals surface area contributed by atoms with Gasteiger partial charge in [-0.1, -0.05) is 30.3 Å². The number of rotatable bonds is 5. The van der Waals surface area contributed by atoms with Gasteiger partial charge in [-0.15, -0.1) is 0 Å². The Morgan fingerprint density at radius 3 is 2.36 bits per heavy atom. The SMILES string of the molecule is O=C(O)CCOc1ccc(C=C2C(=O)NC(=O)c3ccccc32)cc1. The first kappa shape index (κ1) is 16.4. The van der Waals surface area contributed by atoms with Gasteiger partial charge in [-0.3, -0.25) is 19.7 Å². The average Bonchev–Trinajstić information content (AvgIpc) is 2.59. The van der Waals surface area contributed by atoms with Crippen molar-refractivity contribution >= 4 is 29.4 Å². The summed E-state index contributed by atoms with van der Waals surface area (Å²) in [6.45, 7) is 0.0909. The largest absolute Gasteiger partial charge is 0.493 e. The molecule has 0 saturated heterocycles. The van der Waals surface area contributed by atoms with E-state index >= 15 is 0 Å². The van der Waals surface area contributed by atoms with Crippen LogP contribution < -0.4 is 10.1 Å². The fraction of sp³-hybridized carbons (Fsp3) is 0.105. The van der Waals surface area contributed by atoms with E-state index in [1.807, 2.05) is 0 Å². The maximum absolute atomic E-state index is 12.2. The molecule has 1 heterocycles. The molecule has 0 unspecified atom stereocenters. The molecule has 6 heteroatoms. The molecule has 2 N–H and O–H groups in total. The number of imide groups is 1. The predicted molar refractivity (Wildman–Crippen MR) is 91.0 cm³/mol. The minimum absolute atomic E-state index is 0.0726. The lowest BCUT2D eigenvalue weighted by Gasteiger charge is -2.18. The van der Waals surface area contributed by atoms with Gasteiger partial charge < -0.3 is 9.84 Å². The Balaban J connectivity index is 1.83. The second-order valence-electron chi connectivity index (χ2n) is 5.45. The van der Waals surface area contributed by atoms with Crippen molar-refractivity contribution in [2.24, 2.45) is 0 Å². The molecule has 0 bridgehead atoms. The summed E-state index contributed by atoms with van der Waals surface area (Å²) in [6.07, 6.45) is 1.62. The molecule has 0 saturated carbocycles. The van der Waals surface area contributed by atoms with Gasteiger partial charge in [-0.05, 0) is 35.4 Å². The summed E-state index contributed by atoms with van der Waals surface area (Å²) in [5, 5.41) is 10.9. The van der Waals surface area contributed by atoms with Gasteiger partial charge in [-0.2, -0.15) is 0 Å². The van der Waals surface area contributed by atoms with E-state index in [2.05, 4.69) is 5.32 Å². The van der Waals surface area contributed by atoms with Crippen LogP contribution in [0.25, 0.3) is 11.6 Å². The van der Waals surface area contributed by atoms with E-state index < -0.39 is 17.8 Å². The van der Waals surface area contributed by atoms with E-state index in [0.717, 1.165) is 5.56 Å². The van der Waals surface area contributed by atoms with Crippen molar-refractivity contribution in [1.82, 2.24) is 5.32 Å². The number of hydrogen-bond acceptors (Lipinski definition) is 4. The second kappa shape index (κ2) is 7.00. The smallest absolute Gasteiger partial charge is 0.306 e. The standard InChI is InChI=1S/C19H15NO5/c21-17(22)9-10-25-13-7-5-12(6-8-13)11-16-14-3-1-2-4-15(14)18(23)20-19(16)24/h1-8,11H,9-10H2,(H,21,22)(H,20,23,24). The summed E-state index contributed by atoms with van der Waals surface area (Å²) in [4.78, 5) is 34.5. The molecule has 1 aliphatic heterocycles. The molecule has 3 rings (SSSR count). The van der Waals surface area contributed by atoms with Crippen molar-refractivity contribution in [3.8, 4) is 5.75 Å². The number of benzene rings is 2. The molecular formula is C19H15NO5. The first-order valence-corrected chi connectivity index (χ1v) is 7.66. The molecule has 0 spiro atoms. The highest BCUT2D eigenvalue weighted by Crippen LogP contribution is 2.26. The average molecular weight is 337 g/mol. The van der Waals surface area contributed by atoms with Crippen LogP contribution in [0.5, 0.6) is 5.75 Å². The van der Waals surface area contributed by atoms with Crippen LogP contribution in [0.15, 0.2) is 48.5 Å². The van der Waals surface area contributed by atoms with Crippen molar-refractivity contribution in [3.05, 3.63) is 65.2 Å². The minimum Gasteiger partial charge on any atom is -0.493 e. The fourth-order valence-electron chi connectivity index (χ4n) is 2.50. The molecule has 0 atom stereocenters. The summed E-state index contributed by atoms with van der Waals surface area (Å²) < 4.78 is 5.33. The molecule has 0 radical (unpaired) electrons. The quantitative estimate of drug-likeness (QED) is 0.645. The van der Waals surface area contributed by atoms with Gasteiger partial charge in [0, 0.05) is 11.1 Å². The van der Waals surface area contributed by atoms with Gasteiger partial charge in [0.05, 0.1) is 13.0 Å². The molecule has 2 aromatic carbocycles. The zero-order valence-corrected chi connectivity index (χ0v) is 13.2. The third kappa shape index (κ3) is 3.74. The van der Waals surface area contributed by atoms with E-state index in [1.165, 1.54) is 0 Å². The predicted octanol–water partition coefficient (Wildman–Crippen LogP) is 2.35. The number of aliphatic carboxylic acids is 1. The van der Waals surface area contributed by atoms with E-state index in [1.54, 1.807) is 54.6 Å². The highest BCUT2D eigenvalue weighted by atomic mass is 16.5. The second-order valence-corrected chi connectivity index (χ2v) is 5.45. The Morgan fingerprint density at radius 1 is 1.00 bits per heavy atom. The van der Waals surface area contributed by atoms with Gasteiger partial charge in [0.15, 0.2) is 0 Å². The molecule has 2 amide bonds. The van der Waals surface area contributed by atoms with Gasteiger partial charge >= 0.3 is 5.97 Å². The van der Waals surface area contributed by atoms with Gasteiger partial charge in [-0.25, -0.2) is 0 Å². The van der Waals surface area contributed by atoms with Crippen LogP contribution in [-0.2, 0) is 9.59 Å². The molecule has 1 aliphatic rings. The maximum atomic E-state index is 12.2. The lowest BCUT2D eigenvalue weighted by atomic mass is 9.93. The van der Waals surface area contributed by atoms with E-state index in [0.29, 0.717) is 22.4 Å². The van der Waals surface area contributed by atoms with Crippen LogP contribution in [0.4, 0.5) is 0 Å². The van der Waals surface area contributed by atoms with Gasteiger partial charge in [0.1, 0.15) is 5.75 Å². The number of ether oxygens (including phenoxy) is 1. The van der Waals surface area contributed by atoms with Crippen molar-refractivity contribution in [3.63, 3.8) is 0 Å². The normalized spacial score (nSPS) is 14.8. The lowest BCUT2D eigenvalue weighted by Crippen LogP contribution is -2.36. The molecule has 0 aliphatic carbocycles. The Kier molecular flexibility index (Phi) is 4.61. The molecule has 6 nitrogen and oxygen atoms in total. The van der Waals surface area contributed by atoms with Crippen LogP contribution in [-0.4, -0.2) is 29.5 Å². The van der Waals surface area contributed by atoms with Crippen LogP contribution in [0.3, 0.4) is 0 Å². The Morgan fingerprint density at radius 2 is 1.68 bits per heavy atom. The number of carbonyl (C=O) groups excluding carboxylic acids is 2. The number of fused-ring (bicyclic) bond motifs is 1. The summed E-state index contributed by atoms with van der Waals surface area (Å²) in [5.41, 5.74) is 2.23. The number of carboxylic acid groups (broad SMARTS) is 1. The van der Waals surface area contributed by atoms with Crippen molar-refractivity contribution in [1.29, 1.82) is 0 Å². The highest BCUT2D eigenvalue weighted by molar-refractivity contribution is 6.33. The third-order valence-corrected chi connectivity index (χ3v) is 3.71. The molecule has 126 valence electrons. The summed E-state index contributed by atoms with van der Waals surface area (Å²) in [7, 11) is 0. The van der Waals surface area contributed by atoms with Gasteiger partial charge in [0.25, 0.3) is 11.8 Å². The number of nitrogens with one attached hydrogen (secondary N) is 1. The molecule has 0 fully saturated rings. The Bertz CT molecular complexity index is 868. The van der Waals surface area contributed by atoms with Crippen LogP contribution in [0.1, 0.15) is 27.9 Å². The minimum atomic E-state index is -0.919. The molecule has 25 heavy (non-hydrogen) atoms. The first-order valence-electron chi connectivity index (χ1n) is 7.66. The Labute approximate surface area is 143 Å². The summed E-state index contributed by atoms with van der Waals surface area (Å²) >= 11 is 0. The van der Waals surface area contributed by atoms with Crippen molar-refractivity contribution < 1.29 is 24.2 Å².